The molecule has 0 saturated carbocycles. The van der Waals surface area contributed by atoms with Crippen LogP contribution in [0.3, 0.4) is 0 Å². The number of ether oxygens (including phenoxy) is 2. The molecule has 0 aromatic heterocycles. The number of rotatable bonds is 9. The summed E-state index contributed by atoms with van der Waals surface area (Å²) in [5.74, 6) is 0.875. The third kappa shape index (κ3) is 6.49. The highest BCUT2D eigenvalue weighted by molar-refractivity contribution is 9.10. The van der Waals surface area contributed by atoms with E-state index in [0.29, 0.717) is 18.8 Å². The van der Waals surface area contributed by atoms with Gasteiger partial charge in [-0.25, -0.2) is 0 Å². The summed E-state index contributed by atoms with van der Waals surface area (Å²) < 4.78 is 11.8. The van der Waals surface area contributed by atoms with Gasteiger partial charge in [0.05, 0.1) is 7.11 Å². The van der Waals surface area contributed by atoms with Gasteiger partial charge in [0.25, 0.3) is 5.91 Å². The van der Waals surface area contributed by atoms with E-state index in [2.05, 4.69) is 21.2 Å². The van der Waals surface area contributed by atoms with Crippen LogP contribution < -0.4 is 14.8 Å². The molecule has 0 aliphatic rings. The number of carbonyl (C=O) groups is 2. The molecule has 0 saturated heterocycles. The second kappa shape index (κ2) is 10.9. The molecule has 0 radical (unpaired) electrons. The third-order valence-electron chi connectivity index (χ3n) is 4.52. The Morgan fingerprint density at radius 3 is 2.38 bits per heavy atom. The van der Waals surface area contributed by atoms with E-state index in [9.17, 15) is 9.59 Å². The number of methoxy groups -OCH3 is 1. The Balaban J connectivity index is 2.14. The minimum Gasteiger partial charge on any atom is -0.497 e. The first-order chi connectivity index (χ1) is 13.8. The summed E-state index contributed by atoms with van der Waals surface area (Å²) in [5, 5.41) is 2.77. The van der Waals surface area contributed by atoms with Gasteiger partial charge in [0, 0.05) is 17.6 Å². The summed E-state index contributed by atoms with van der Waals surface area (Å²) >= 11 is 3.45. The maximum Gasteiger partial charge on any atom is 0.261 e. The van der Waals surface area contributed by atoms with Gasteiger partial charge in [-0.15, -0.1) is 0 Å². The van der Waals surface area contributed by atoms with Crippen molar-refractivity contribution < 1.29 is 19.1 Å². The predicted octanol–water partition coefficient (Wildman–Crippen LogP) is 3.70. The van der Waals surface area contributed by atoms with Crippen molar-refractivity contribution >= 4 is 27.7 Å². The van der Waals surface area contributed by atoms with Crippen LogP contribution in [0.25, 0.3) is 0 Å². The molecule has 2 rings (SSSR count). The summed E-state index contributed by atoms with van der Waals surface area (Å²) in [4.78, 5) is 26.8. The van der Waals surface area contributed by atoms with Gasteiger partial charge in [0.1, 0.15) is 17.5 Å². The zero-order valence-corrected chi connectivity index (χ0v) is 18.8. The largest absolute Gasteiger partial charge is 0.497 e. The first-order valence-electron chi connectivity index (χ1n) is 9.44. The number of benzene rings is 2. The monoisotopic (exact) mass is 462 g/mol. The highest BCUT2D eigenvalue weighted by Crippen LogP contribution is 2.22. The number of nitrogens with one attached hydrogen (secondary N) is 1. The van der Waals surface area contributed by atoms with Crippen molar-refractivity contribution in [1.29, 1.82) is 0 Å². The number of aryl methyl sites for hydroxylation is 1. The van der Waals surface area contributed by atoms with Crippen LogP contribution in [0, 0.1) is 6.92 Å². The minimum atomic E-state index is -0.625. The minimum absolute atomic E-state index is 0.152. The number of halogens is 1. The van der Waals surface area contributed by atoms with Crippen LogP contribution in [0.2, 0.25) is 0 Å². The Hall–Kier alpha value is -2.54. The van der Waals surface area contributed by atoms with Gasteiger partial charge in [-0.1, -0.05) is 28.1 Å². The van der Waals surface area contributed by atoms with E-state index >= 15 is 0 Å². The van der Waals surface area contributed by atoms with E-state index in [1.165, 1.54) is 4.90 Å². The molecular weight excluding hydrogens is 436 g/mol. The molecular formula is C22H27BrN2O4. The summed E-state index contributed by atoms with van der Waals surface area (Å²) in [6.07, 6.45) is 0. The van der Waals surface area contributed by atoms with Crippen LogP contribution in [0.4, 0.5) is 0 Å². The van der Waals surface area contributed by atoms with Gasteiger partial charge in [-0.3, -0.25) is 9.59 Å². The molecule has 156 valence electrons. The van der Waals surface area contributed by atoms with Crippen molar-refractivity contribution in [3.05, 3.63) is 58.1 Å². The van der Waals surface area contributed by atoms with Crippen molar-refractivity contribution in [1.82, 2.24) is 10.2 Å². The average molecular weight is 463 g/mol. The lowest BCUT2D eigenvalue weighted by Crippen LogP contribution is -2.49. The molecule has 7 heteroatoms. The van der Waals surface area contributed by atoms with E-state index in [4.69, 9.17) is 9.47 Å². The maximum atomic E-state index is 12.9. The molecule has 1 N–H and O–H groups in total. The molecule has 2 amide bonds. The van der Waals surface area contributed by atoms with Crippen molar-refractivity contribution in [3.63, 3.8) is 0 Å². The molecule has 1 atom stereocenters. The number of likely N-dealkylation sites (N-methyl/N-ethyl adjacent to an activating group) is 1. The summed E-state index contributed by atoms with van der Waals surface area (Å²) in [6, 6.07) is 12.3. The topological polar surface area (TPSA) is 67.9 Å². The van der Waals surface area contributed by atoms with E-state index < -0.39 is 6.04 Å². The van der Waals surface area contributed by atoms with E-state index in [1.54, 1.807) is 20.1 Å². The number of amides is 2. The molecule has 0 bridgehead atoms. The second-order valence-electron chi connectivity index (χ2n) is 6.64. The molecule has 2 aromatic rings. The molecule has 29 heavy (non-hydrogen) atoms. The fourth-order valence-electron chi connectivity index (χ4n) is 2.77. The van der Waals surface area contributed by atoms with Crippen molar-refractivity contribution in [2.24, 2.45) is 0 Å². The second-order valence-corrected chi connectivity index (χ2v) is 7.49. The molecule has 2 aromatic carbocycles. The quantitative estimate of drug-likeness (QED) is 0.616. The smallest absolute Gasteiger partial charge is 0.261 e. The van der Waals surface area contributed by atoms with Crippen LogP contribution in [-0.2, 0) is 16.1 Å². The van der Waals surface area contributed by atoms with Crippen molar-refractivity contribution in [3.8, 4) is 11.5 Å². The summed E-state index contributed by atoms with van der Waals surface area (Å²) in [6.45, 7) is 6.16. The zero-order chi connectivity index (χ0) is 21.4. The van der Waals surface area contributed by atoms with E-state index in [1.807, 2.05) is 50.2 Å². The van der Waals surface area contributed by atoms with Gasteiger partial charge >= 0.3 is 0 Å². The van der Waals surface area contributed by atoms with Crippen LogP contribution in [0.5, 0.6) is 11.5 Å². The standard InChI is InChI=1S/C22H27BrN2O4/c1-5-24-22(27)16(3)25(13-17-6-8-18(28-4)9-7-17)21(26)14-29-19-10-11-20(23)15(2)12-19/h6-12,16H,5,13-14H2,1-4H3,(H,24,27)/t16-/m0/s1. The van der Waals surface area contributed by atoms with Crippen LogP contribution >= 0.6 is 15.9 Å². The molecule has 0 unspecified atom stereocenters. The van der Waals surface area contributed by atoms with Crippen LogP contribution in [-0.4, -0.2) is 43.0 Å². The van der Waals surface area contributed by atoms with Gasteiger partial charge in [-0.2, -0.15) is 0 Å². The molecule has 0 heterocycles. The summed E-state index contributed by atoms with van der Waals surface area (Å²) in [7, 11) is 1.60. The lowest BCUT2D eigenvalue weighted by molar-refractivity contribution is -0.142. The fourth-order valence-corrected chi connectivity index (χ4v) is 3.01. The Labute approximate surface area is 180 Å². The summed E-state index contributed by atoms with van der Waals surface area (Å²) in [5.41, 5.74) is 1.91. The van der Waals surface area contributed by atoms with E-state index in [0.717, 1.165) is 21.3 Å². The Bertz CT molecular complexity index is 839. The lowest BCUT2D eigenvalue weighted by atomic mass is 10.1. The third-order valence-corrected chi connectivity index (χ3v) is 5.41. The molecule has 0 spiro atoms. The SMILES string of the molecule is CCNC(=O)[C@H](C)N(Cc1ccc(OC)cc1)C(=O)COc1ccc(Br)c(C)c1. The highest BCUT2D eigenvalue weighted by Gasteiger charge is 2.26. The lowest BCUT2D eigenvalue weighted by Gasteiger charge is -2.28. The number of hydrogen-bond acceptors (Lipinski definition) is 4. The van der Waals surface area contributed by atoms with E-state index in [-0.39, 0.29) is 18.4 Å². The highest BCUT2D eigenvalue weighted by atomic mass is 79.9. The first kappa shape index (κ1) is 22.7. The normalized spacial score (nSPS) is 11.5. The van der Waals surface area contributed by atoms with Gasteiger partial charge in [-0.05, 0) is 62.2 Å². The Kier molecular flexibility index (Phi) is 8.51. The van der Waals surface area contributed by atoms with Crippen LogP contribution in [0.1, 0.15) is 25.0 Å². The molecule has 0 aliphatic carbocycles. The number of nitrogens with zero attached hydrogens (tertiary/aromatic N) is 1. The van der Waals surface area contributed by atoms with Crippen molar-refractivity contribution in [2.75, 3.05) is 20.3 Å². The zero-order valence-electron chi connectivity index (χ0n) is 17.2. The van der Waals surface area contributed by atoms with Gasteiger partial charge < -0.3 is 19.7 Å². The molecule has 6 nitrogen and oxygen atoms in total. The molecule has 0 aliphatic heterocycles. The van der Waals surface area contributed by atoms with Gasteiger partial charge in [0.2, 0.25) is 5.91 Å². The average Bonchev–Trinajstić information content (AvgIpc) is 2.72. The maximum absolute atomic E-state index is 12.9. The van der Waals surface area contributed by atoms with Gasteiger partial charge in [0.15, 0.2) is 6.61 Å². The number of hydrogen-bond donors (Lipinski definition) is 1. The Morgan fingerprint density at radius 1 is 1.14 bits per heavy atom. The fraction of sp³-hybridized carbons (Fsp3) is 0.364. The predicted molar refractivity (Wildman–Crippen MR) is 116 cm³/mol. The number of carbonyl (C=O) groups excluding carboxylic acids is 2. The van der Waals surface area contributed by atoms with Crippen molar-refractivity contribution in [2.45, 2.75) is 33.4 Å². The first-order valence-corrected chi connectivity index (χ1v) is 10.2. The van der Waals surface area contributed by atoms with Crippen LogP contribution in [0.15, 0.2) is 46.9 Å². The molecule has 0 fully saturated rings. The Morgan fingerprint density at radius 2 is 1.79 bits per heavy atom.